The second-order valence-electron chi connectivity index (χ2n) is 6.22. The van der Waals surface area contributed by atoms with Crippen LogP contribution >= 0.6 is 0 Å². The number of nitrogens with one attached hydrogen (secondary N) is 1. The van der Waals surface area contributed by atoms with E-state index in [9.17, 15) is 14.7 Å². The van der Waals surface area contributed by atoms with Gasteiger partial charge in [-0.3, -0.25) is 9.59 Å². The number of nitrogens with zero attached hydrogens (tertiary/aromatic N) is 2. The van der Waals surface area contributed by atoms with E-state index in [2.05, 4.69) is 10.4 Å². The lowest BCUT2D eigenvalue weighted by Gasteiger charge is -2.32. The third-order valence-corrected chi connectivity index (χ3v) is 4.65. The first kappa shape index (κ1) is 17.9. The number of ether oxygens (including phenoxy) is 2. The van der Waals surface area contributed by atoms with Gasteiger partial charge in [0.2, 0.25) is 0 Å². The fourth-order valence-electron chi connectivity index (χ4n) is 2.89. The minimum Gasteiger partial charge on any atom is -0.497 e. The number of hydrogen-bond acceptors (Lipinski definition) is 5. The molecule has 1 aromatic carbocycles. The predicted octanol–water partition coefficient (Wildman–Crippen LogP) is 1.49. The largest absolute Gasteiger partial charge is 0.497 e. The van der Waals surface area contributed by atoms with Crippen LogP contribution in [0.2, 0.25) is 0 Å². The van der Waals surface area contributed by atoms with Crippen molar-refractivity contribution in [2.75, 3.05) is 26.9 Å². The zero-order chi connectivity index (χ0) is 18.6. The van der Waals surface area contributed by atoms with Crippen molar-refractivity contribution < 1.29 is 24.2 Å². The molecule has 1 fully saturated rings. The van der Waals surface area contributed by atoms with Crippen LogP contribution in [0.4, 0.5) is 0 Å². The monoisotopic (exact) mass is 359 g/mol. The maximum Gasteiger partial charge on any atom is 0.311 e. The van der Waals surface area contributed by atoms with E-state index in [-0.39, 0.29) is 12.2 Å². The van der Waals surface area contributed by atoms with E-state index in [0.717, 1.165) is 11.4 Å². The number of methoxy groups -OCH3 is 1. The standard InChI is InChI=1S/C18H21N3O5/c1-25-14-4-2-13(3-5-14)21-9-6-15(20-21)16(22)19-12-18(17(23)24)7-10-26-11-8-18/h2-6,9H,7-8,10-12H2,1H3,(H,19,22)(H,23,24). The van der Waals surface area contributed by atoms with Crippen LogP contribution in [0.5, 0.6) is 5.75 Å². The summed E-state index contributed by atoms with van der Waals surface area (Å²) in [6, 6.07) is 8.86. The van der Waals surface area contributed by atoms with E-state index < -0.39 is 17.3 Å². The Bertz CT molecular complexity index is 778. The molecule has 8 nitrogen and oxygen atoms in total. The molecule has 8 heteroatoms. The van der Waals surface area contributed by atoms with E-state index in [1.807, 2.05) is 12.1 Å². The van der Waals surface area contributed by atoms with Crippen molar-refractivity contribution in [2.45, 2.75) is 12.8 Å². The maximum absolute atomic E-state index is 12.4. The van der Waals surface area contributed by atoms with Crippen LogP contribution in [0, 0.1) is 5.41 Å². The molecular formula is C18H21N3O5. The average Bonchev–Trinajstić information content (AvgIpc) is 3.17. The maximum atomic E-state index is 12.4. The SMILES string of the molecule is COc1ccc(-n2ccc(C(=O)NCC3(C(=O)O)CCOCC3)n2)cc1. The smallest absolute Gasteiger partial charge is 0.311 e. The number of rotatable bonds is 6. The first-order chi connectivity index (χ1) is 12.5. The van der Waals surface area contributed by atoms with Gasteiger partial charge >= 0.3 is 5.97 Å². The highest BCUT2D eigenvalue weighted by atomic mass is 16.5. The number of carboxylic acids is 1. The van der Waals surface area contributed by atoms with Crippen LogP contribution in [-0.4, -0.2) is 53.6 Å². The van der Waals surface area contributed by atoms with E-state index in [1.54, 1.807) is 36.2 Å². The van der Waals surface area contributed by atoms with Gasteiger partial charge in [0.15, 0.2) is 5.69 Å². The number of aromatic nitrogens is 2. The van der Waals surface area contributed by atoms with E-state index in [0.29, 0.717) is 26.1 Å². The Balaban J connectivity index is 1.66. The van der Waals surface area contributed by atoms with Crippen LogP contribution in [0.1, 0.15) is 23.3 Å². The highest BCUT2D eigenvalue weighted by molar-refractivity contribution is 5.92. The third-order valence-electron chi connectivity index (χ3n) is 4.65. The normalized spacial score (nSPS) is 16.0. The lowest BCUT2D eigenvalue weighted by atomic mass is 9.80. The van der Waals surface area contributed by atoms with Gasteiger partial charge in [0.25, 0.3) is 5.91 Å². The molecule has 26 heavy (non-hydrogen) atoms. The molecule has 3 rings (SSSR count). The summed E-state index contributed by atoms with van der Waals surface area (Å²) in [7, 11) is 1.59. The molecule has 0 spiro atoms. The molecule has 138 valence electrons. The Labute approximate surface area is 150 Å². The average molecular weight is 359 g/mol. The highest BCUT2D eigenvalue weighted by Crippen LogP contribution is 2.30. The van der Waals surface area contributed by atoms with Gasteiger partial charge in [0.05, 0.1) is 18.2 Å². The van der Waals surface area contributed by atoms with Gasteiger partial charge in [-0.1, -0.05) is 0 Å². The summed E-state index contributed by atoms with van der Waals surface area (Å²) in [5, 5.41) is 16.5. The molecule has 1 aliphatic rings. The topological polar surface area (TPSA) is 103 Å². The second kappa shape index (κ2) is 7.57. The molecule has 0 radical (unpaired) electrons. The van der Waals surface area contributed by atoms with Crippen molar-refractivity contribution >= 4 is 11.9 Å². The molecule has 1 amide bonds. The third kappa shape index (κ3) is 3.70. The van der Waals surface area contributed by atoms with Crippen LogP contribution in [0.25, 0.3) is 5.69 Å². The molecule has 0 saturated carbocycles. The van der Waals surface area contributed by atoms with Crippen LogP contribution < -0.4 is 10.1 Å². The molecule has 0 unspecified atom stereocenters. The van der Waals surface area contributed by atoms with Crippen molar-refractivity contribution in [1.82, 2.24) is 15.1 Å². The summed E-state index contributed by atoms with van der Waals surface area (Å²) >= 11 is 0. The molecule has 1 saturated heterocycles. The van der Waals surface area contributed by atoms with Gasteiger partial charge in [-0.2, -0.15) is 5.10 Å². The van der Waals surface area contributed by atoms with Gasteiger partial charge < -0.3 is 19.9 Å². The van der Waals surface area contributed by atoms with Crippen LogP contribution in [0.3, 0.4) is 0 Å². The summed E-state index contributed by atoms with van der Waals surface area (Å²) < 4.78 is 11.9. The lowest BCUT2D eigenvalue weighted by Crippen LogP contribution is -2.46. The first-order valence-corrected chi connectivity index (χ1v) is 8.33. The van der Waals surface area contributed by atoms with Gasteiger partial charge in [0.1, 0.15) is 5.75 Å². The molecule has 1 aliphatic heterocycles. The van der Waals surface area contributed by atoms with Crippen molar-refractivity contribution in [2.24, 2.45) is 5.41 Å². The van der Waals surface area contributed by atoms with E-state index in [1.165, 1.54) is 0 Å². The molecule has 1 aromatic heterocycles. The quantitative estimate of drug-likeness (QED) is 0.810. The highest BCUT2D eigenvalue weighted by Gasteiger charge is 2.40. The summed E-state index contributed by atoms with van der Waals surface area (Å²) in [6.45, 7) is 0.822. The zero-order valence-electron chi connectivity index (χ0n) is 14.5. The van der Waals surface area contributed by atoms with Gasteiger partial charge in [-0.05, 0) is 43.2 Å². The fourth-order valence-corrected chi connectivity index (χ4v) is 2.89. The molecule has 2 N–H and O–H groups in total. The number of hydrogen-bond donors (Lipinski definition) is 2. The number of benzene rings is 1. The molecule has 0 atom stereocenters. The van der Waals surface area contributed by atoms with Gasteiger partial charge in [-0.25, -0.2) is 4.68 Å². The number of carboxylic acid groups (broad SMARTS) is 1. The molecule has 0 aliphatic carbocycles. The van der Waals surface area contributed by atoms with E-state index in [4.69, 9.17) is 9.47 Å². The van der Waals surface area contributed by atoms with Crippen LogP contribution in [-0.2, 0) is 9.53 Å². The van der Waals surface area contributed by atoms with Crippen molar-refractivity contribution in [3.05, 3.63) is 42.2 Å². The Hall–Kier alpha value is -2.87. The Kier molecular flexibility index (Phi) is 5.22. The van der Waals surface area contributed by atoms with Crippen molar-refractivity contribution in [3.8, 4) is 11.4 Å². The predicted molar refractivity (Wildman–Crippen MR) is 92.6 cm³/mol. The Morgan fingerprint density at radius 2 is 1.96 bits per heavy atom. The molecule has 2 heterocycles. The zero-order valence-corrected chi connectivity index (χ0v) is 14.5. The Morgan fingerprint density at radius 1 is 1.27 bits per heavy atom. The molecule has 0 bridgehead atoms. The first-order valence-electron chi connectivity index (χ1n) is 8.33. The van der Waals surface area contributed by atoms with Gasteiger partial charge in [-0.15, -0.1) is 0 Å². The van der Waals surface area contributed by atoms with Gasteiger partial charge in [0, 0.05) is 26.0 Å². The minimum atomic E-state index is -0.980. The van der Waals surface area contributed by atoms with Crippen LogP contribution in [0.15, 0.2) is 36.5 Å². The molecular weight excluding hydrogens is 338 g/mol. The summed E-state index contributed by atoms with van der Waals surface area (Å²) in [5.74, 6) is -0.580. The van der Waals surface area contributed by atoms with E-state index >= 15 is 0 Å². The summed E-state index contributed by atoms with van der Waals surface area (Å²) in [4.78, 5) is 24.0. The van der Waals surface area contributed by atoms with Crippen molar-refractivity contribution in [1.29, 1.82) is 0 Å². The van der Waals surface area contributed by atoms with Crippen molar-refractivity contribution in [3.63, 3.8) is 0 Å². The second-order valence-corrected chi connectivity index (χ2v) is 6.22. The lowest BCUT2D eigenvalue weighted by molar-refractivity contribution is -0.154. The number of carbonyl (C=O) groups excluding carboxylic acids is 1. The number of carbonyl (C=O) groups is 2. The minimum absolute atomic E-state index is 0.0555. The summed E-state index contributed by atoms with van der Waals surface area (Å²) in [6.07, 6.45) is 2.43. The summed E-state index contributed by atoms with van der Waals surface area (Å²) in [5.41, 5.74) is 0.0385. The number of amides is 1. The fraction of sp³-hybridized carbons (Fsp3) is 0.389. The Morgan fingerprint density at radius 3 is 2.58 bits per heavy atom. The number of aliphatic carboxylic acids is 1. The molecule has 2 aromatic rings.